The highest BCUT2D eigenvalue weighted by Crippen LogP contribution is 2.26. The Bertz CT molecular complexity index is 1160. The molecule has 2 aromatic carbocycles. The number of hydrogen-bond donors (Lipinski definition) is 1. The van der Waals surface area contributed by atoms with Crippen LogP contribution in [0, 0.1) is 0 Å². The van der Waals surface area contributed by atoms with Gasteiger partial charge in [-0.05, 0) is 55.5 Å². The van der Waals surface area contributed by atoms with E-state index < -0.39 is 0 Å². The smallest absolute Gasteiger partial charge is 0.229 e. The highest BCUT2D eigenvalue weighted by Gasteiger charge is 2.20. The van der Waals surface area contributed by atoms with Gasteiger partial charge in [-0.1, -0.05) is 41.4 Å². The maximum Gasteiger partial charge on any atom is 0.229 e. The molecule has 7 nitrogen and oxygen atoms in total. The third-order valence-corrected chi connectivity index (χ3v) is 6.77. The fourth-order valence-electron chi connectivity index (χ4n) is 4.30. The lowest BCUT2D eigenvalue weighted by atomic mass is 10.2. The van der Waals surface area contributed by atoms with Gasteiger partial charge in [-0.2, -0.15) is 15.1 Å². The summed E-state index contributed by atoms with van der Waals surface area (Å²) in [5, 5.41) is 5.63. The standard InChI is InChI=1S/C26H28Cl2N6O/c27-21-9-8-20(23(28)15-21)18-35-22-7-5-6-19(14-22)17-29-32-24-16-25(33-10-1-2-11-33)31-26(30-24)34-12-3-4-13-34/h5-9,14-17H,1-4,10-13,18H2,(H,30,31,32)/b29-17-. The van der Waals surface area contributed by atoms with E-state index >= 15 is 0 Å². The molecule has 1 aromatic heterocycles. The Morgan fingerprint density at radius 2 is 1.69 bits per heavy atom. The van der Waals surface area contributed by atoms with E-state index in [1.54, 1.807) is 18.3 Å². The number of hydrazone groups is 1. The Morgan fingerprint density at radius 3 is 2.46 bits per heavy atom. The number of ether oxygens (including phenoxy) is 1. The molecule has 0 unspecified atom stereocenters. The lowest BCUT2D eigenvalue weighted by Gasteiger charge is -2.21. The maximum absolute atomic E-state index is 6.25. The van der Waals surface area contributed by atoms with E-state index in [0.29, 0.717) is 22.5 Å². The second kappa shape index (κ2) is 11.1. The van der Waals surface area contributed by atoms with Crippen LogP contribution in [0.3, 0.4) is 0 Å². The largest absolute Gasteiger partial charge is 0.489 e. The third-order valence-electron chi connectivity index (χ3n) is 6.18. The van der Waals surface area contributed by atoms with Crippen molar-refractivity contribution in [2.75, 3.05) is 41.4 Å². The van der Waals surface area contributed by atoms with Crippen LogP contribution in [0.5, 0.6) is 5.75 Å². The summed E-state index contributed by atoms with van der Waals surface area (Å²) in [7, 11) is 0. The van der Waals surface area contributed by atoms with Crippen molar-refractivity contribution < 1.29 is 4.74 Å². The molecule has 1 N–H and O–H groups in total. The van der Waals surface area contributed by atoms with Gasteiger partial charge in [-0.3, -0.25) is 5.43 Å². The normalized spacial score (nSPS) is 15.8. The van der Waals surface area contributed by atoms with Crippen LogP contribution in [0.2, 0.25) is 10.0 Å². The highest BCUT2D eigenvalue weighted by molar-refractivity contribution is 6.35. The van der Waals surface area contributed by atoms with E-state index in [9.17, 15) is 0 Å². The summed E-state index contributed by atoms with van der Waals surface area (Å²) in [6, 6.07) is 15.1. The number of halogens is 2. The Hall–Kier alpha value is -3.03. The zero-order chi connectivity index (χ0) is 24.0. The number of hydrogen-bond acceptors (Lipinski definition) is 7. The van der Waals surface area contributed by atoms with Crippen LogP contribution in [-0.2, 0) is 6.61 Å². The van der Waals surface area contributed by atoms with Gasteiger partial charge in [0, 0.05) is 47.9 Å². The number of nitrogens with zero attached hydrogens (tertiary/aromatic N) is 5. The minimum Gasteiger partial charge on any atom is -0.489 e. The second-order valence-corrected chi connectivity index (χ2v) is 9.61. The SMILES string of the molecule is Clc1ccc(COc2cccc(/C=N\Nc3cc(N4CCCC4)nc(N4CCCC4)n3)c2)c(Cl)c1. The summed E-state index contributed by atoms with van der Waals surface area (Å²) in [6.07, 6.45) is 6.52. The van der Waals surface area contributed by atoms with Crippen molar-refractivity contribution in [2.45, 2.75) is 32.3 Å². The summed E-state index contributed by atoms with van der Waals surface area (Å²) in [5.41, 5.74) is 4.89. The van der Waals surface area contributed by atoms with Crippen molar-refractivity contribution in [2.24, 2.45) is 5.10 Å². The lowest BCUT2D eigenvalue weighted by molar-refractivity contribution is 0.306. The van der Waals surface area contributed by atoms with Crippen molar-refractivity contribution >= 4 is 47.0 Å². The van der Waals surface area contributed by atoms with Crippen molar-refractivity contribution in [1.82, 2.24) is 9.97 Å². The molecule has 0 aliphatic carbocycles. The van der Waals surface area contributed by atoms with Crippen molar-refractivity contribution in [3.8, 4) is 5.75 Å². The molecule has 182 valence electrons. The molecule has 2 aliphatic heterocycles. The zero-order valence-electron chi connectivity index (χ0n) is 19.5. The van der Waals surface area contributed by atoms with Gasteiger partial charge in [-0.25, -0.2) is 0 Å². The molecule has 2 fully saturated rings. The first-order chi connectivity index (χ1) is 17.1. The van der Waals surface area contributed by atoms with Crippen LogP contribution in [0.25, 0.3) is 0 Å². The van der Waals surface area contributed by atoms with Gasteiger partial charge < -0.3 is 14.5 Å². The monoisotopic (exact) mass is 510 g/mol. The lowest BCUT2D eigenvalue weighted by Crippen LogP contribution is -2.24. The molecule has 5 rings (SSSR count). The van der Waals surface area contributed by atoms with Crippen LogP contribution in [0.15, 0.2) is 53.6 Å². The van der Waals surface area contributed by atoms with Crippen molar-refractivity contribution in [3.05, 3.63) is 69.7 Å². The molecule has 0 amide bonds. The molecule has 0 bridgehead atoms. The first kappa shape index (κ1) is 23.7. The topological polar surface area (TPSA) is 65.9 Å². The second-order valence-electron chi connectivity index (χ2n) is 8.77. The average Bonchev–Trinajstić information content (AvgIpc) is 3.59. The first-order valence-electron chi connectivity index (χ1n) is 12.0. The Morgan fingerprint density at radius 1 is 0.914 bits per heavy atom. The molecule has 2 aliphatic rings. The number of rotatable bonds is 8. The van der Waals surface area contributed by atoms with Crippen LogP contribution >= 0.6 is 23.2 Å². The molecule has 0 atom stereocenters. The molecular formula is C26H28Cl2N6O. The fraction of sp³-hybridized carbons (Fsp3) is 0.346. The minimum atomic E-state index is 0.355. The van der Waals surface area contributed by atoms with E-state index in [4.69, 9.17) is 37.9 Å². The van der Waals surface area contributed by atoms with E-state index in [0.717, 1.165) is 54.8 Å². The van der Waals surface area contributed by atoms with Gasteiger partial charge in [0.1, 0.15) is 18.2 Å². The molecule has 0 radical (unpaired) electrons. The van der Waals surface area contributed by atoms with Gasteiger partial charge in [0.25, 0.3) is 0 Å². The molecular weight excluding hydrogens is 483 g/mol. The van der Waals surface area contributed by atoms with Crippen LogP contribution in [-0.4, -0.2) is 42.4 Å². The highest BCUT2D eigenvalue weighted by atomic mass is 35.5. The van der Waals surface area contributed by atoms with E-state index in [-0.39, 0.29) is 0 Å². The predicted molar refractivity (Wildman–Crippen MR) is 143 cm³/mol. The van der Waals surface area contributed by atoms with Crippen LogP contribution in [0.1, 0.15) is 36.8 Å². The Balaban J connectivity index is 1.26. The van der Waals surface area contributed by atoms with Crippen molar-refractivity contribution in [3.63, 3.8) is 0 Å². The molecule has 0 saturated carbocycles. The maximum atomic E-state index is 6.25. The van der Waals surface area contributed by atoms with Crippen LogP contribution in [0.4, 0.5) is 17.6 Å². The summed E-state index contributed by atoms with van der Waals surface area (Å²) in [4.78, 5) is 14.2. The summed E-state index contributed by atoms with van der Waals surface area (Å²) >= 11 is 12.2. The number of aromatic nitrogens is 2. The molecule has 3 heterocycles. The average molecular weight is 511 g/mol. The zero-order valence-corrected chi connectivity index (χ0v) is 21.0. The summed E-state index contributed by atoms with van der Waals surface area (Å²) < 4.78 is 5.92. The Labute approximate surface area is 215 Å². The van der Waals surface area contributed by atoms with E-state index in [1.807, 2.05) is 36.4 Å². The molecule has 3 aromatic rings. The summed E-state index contributed by atoms with van der Waals surface area (Å²) in [5.74, 6) is 3.17. The quantitative estimate of drug-likeness (QED) is 0.295. The van der Waals surface area contributed by atoms with Gasteiger partial charge in [0.05, 0.1) is 6.21 Å². The summed E-state index contributed by atoms with van der Waals surface area (Å²) in [6.45, 7) is 4.43. The number of benzene rings is 2. The number of nitrogens with one attached hydrogen (secondary N) is 1. The minimum absolute atomic E-state index is 0.355. The van der Waals surface area contributed by atoms with Gasteiger partial charge in [0.15, 0.2) is 5.82 Å². The van der Waals surface area contributed by atoms with Gasteiger partial charge in [0.2, 0.25) is 5.95 Å². The third kappa shape index (κ3) is 6.16. The first-order valence-corrected chi connectivity index (χ1v) is 12.7. The molecule has 0 spiro atoms. The van der Waals surface area contributed by atoms with Gasteiger partial charge in [-0.15, -0.1) is 0 Å². The molecule has 35 heavy (non-hydrogen) atoms. The molecule has 9 heteroatoms. The number of anilines is 3. The fourth-order valence-corrected chi connectivity index (χ4v) is 4.77. The predicted octanol–water partition coefficient (Wildman–Crippen LogP) is 6.01. The molecule has 2 saturated heterocycles. The Kier molecular flexibility index (Phi) is 7.54. The van der Waals surface area contributed by atoms with Crippen molar-refractivity contribution in [1.29, 1.82) is 0 Å². The van der Waals surface area contributed by atoms with Crippen LogP contribution < -0.4 is 20.0 Å². The van der Waals surface area contributed by atoms with E-state index in [1.165, 1.54) is 25.7 Å². The van der Waals surface area contributed by atoms with E-state index in [2.05, 4.69) is 20.3 Å². The van der Waals surface area contributed by atoms with Gasteiger partial charge >= 0.3 is 0 Å².